The lowest BCUT2D eigenvalue weighted by Crippen LogP contribution is -2.46. The van der Waals surface area contributed by atoms with E-state index >= 15 is 0 Å². The van der Waals surface area contributed by atoms with E-state index in [1.54, 1.807) is 13.8 Å². The van der Waals surface area contributed by atoms with Crippen molar-refractivity contribution in [3.8, 4) is 0 Å². The van der Waals surface area contributed by atoms with Gasteiger partial charge in [0.1, 0.15) is 6.61 Å². The highest BCUT2D eigenvalue weighted by molar-refractivity contribution is 9.10. The van der Waals surface area contributed by atoms with Crippen LogP contribution < -0.4 is 5.32 Å². The molecule has 1 aliphatic rings. The van der Waals surface area contributed by atoms with E-state index < -0.39 is 23.2 Å². The molecule has 3 nitrogen and oxygen atoms in total. The Balaban J connectivity index is 2.40. The van der Waals surface area contributed by atoms with Gasteiger partial charge >= 0.3 is 6.18 Å². The smallest absolute Gasteiger partial charge is 0.369 e. The fraction of sp³-hybridized carbons (Fsp3) is 0.917. The number of hydrogen-bond acceptors (Lipinski definition) is 2. The maximum Gasteiger partial charge on any atom is 0.411 e. The first kappa shape index (κ1) is 16.8. The number of ether oxygens (including phenoxy) is 1. The second kappa shape index (κ2) is 6.43. The van der Waals surface area contributed by atoms with Crippen LogP contribution in [0.4, 0.5) is 13.2 Å². The molecule has 1 fully saturated rings. The van der Waals surface area contributed by atoms with Crippen LogP contribution in [0.2, 0.25) is 0 Å². The second-order valence-corrected chi connectivity index (χ2v) is 7.34. The minimum atomic E-state index is -4.30. The summed E-state index contributed by atoms with van der Waals surface area (Å²) in [4.78, 5) is 11.8. The zero-order chi connectivity index (χ0) is 14.7. The molecule has 0 radical (unpaired) electrons. The summed E-state index contributed by atoms with van der Waals surface area (Å²) in [6.07, 6.45) is -2.14. The van der Waals surface area contributed by atoms with E-state index in [2.05, 4.69) is 21.2 Å². The van der Waals surface area contributed by atoms with E-state index in [4.69, 9.17) is 4.74 Å². The Labute approximate surface area is 119 Å². The van der Waals surface area contributed by atoms with Crippen LogP contribution in [0.15, 0.2) is 0 Å². The summed E-state index contributed by atoms with van der Waals surface area (Å²) in [5, 5.41) is 2.84. The Morgan fingerprint density at radius 3 is 2.53 bits per heavy atom. The van der Waals surface area contributed by atoms with Gasteiger partial charge in [0, 0.05) is 6.04 Å². The molecule has 0 heterocycles. The molecule has 112 valence electrons. The summed E-state index contributed by atoms with van der Waals surface area (Å²) in [6.45, 7) is 2.23. The molecule has 1 saturated carbocycles. The molecule has 0 aliphatic heterocycles. The zero-order valence-corrected chi connectivity index (χ0v) is 12.6. The molecular weight excluding hydrogens is 327 g/mol. The molecule has 0 aromatic heterocycles. The van der Waals surface area contributed by atoms with Gasteiger partial charge in [-0.05, 0) is 39.5 Å². The highest BCUT2D eigenvalue weighted by atomic mass is 79.9. The van der Waals surface area contributed by atoms with Crippen LogP contribution in [0.5, 0.6) is 0 Å². The predicted molar refractivity (Wildman–Crippen MR) is 69.2 cm³/mol. The van der Waals surface area contributed by atoms with Gasteiger partial charge in [0.15, 0.2) is 0 Å². The first-order valence-electron chi connectivity index (χ1n) is 6.26. The molecule has 1 rings (SSSR count). The topological polar surface area (TPSA) is 38.3 Å². The molecule has 0 aromatic rings. The van der Waals surface area contributed by atoms with Crippen molar-refractivity contribution in [2.45, 2.75) is 62.2 Å². The molecule has 7 heteroatoms. The zero-order valence-electron chi connectivity index (χ0n) is 11.0. The first-order valence-corrected chi connectivity index (χ1v) is 7.05. The molecule has 0 spiro atoms. The van der Waals surface area contributed by atoms with E-state index in [9.17, 15) is 18.0 Å². The molecule has 1 amide bonds. The molecule has 0 aromatic carbocycles. The monoisotopic (exact) mass is 345 g/mol. The Morgan fingerprint density at radius 2 is 2.00 bits per heavy atom. The Kier molecular flexibility index (Phi) is 5.67. The van der Waals surface area contributed by atoms with Gasteiger partial charge in [0.25, 0.3) is 0 Å². The van der Waals surface area contributed by atoms with Gasteiger partial charge < -0.3 is 10.1 Å². The normalized spacial score (nSPS) is 25.2. The molecule has 0 bridgehead atoms. The van der Waals surface area contributed by atoms with Crippen LogP contribution in [0.3, 0.4) is 0 Å². The van der Waals surface area contributed by atoms with E-state index in [1.165, 1.54) is 0 Å². The third-order valence-electron chi connectivity index (χ3n) is 2.98. The van der Waals surface area contributed by atoms with Crippen LogP contribution in [0.25, 0.3) is 0 Å². The highest BCUT2D eigenvalue weighted by Gasteiger charge is 2.32. The van der Waals surface area contributed by atoms with E-state index in [0.29, 0.717) is 12.8 Å². The number of alkyl halides is 4. The Bertz CT molecular complexity index is 315. The summed E-state index contributed by atoms with van der Waals surface area (Å²) < 4.78 is 40.4. The fourth-order valence-electron chi connectivity index (χ4n) is 2.00. The van der Waals surface area contributed by atoms with Crippen LogP contribution in [-0.4, -0.2) is 35.2 Å². The number of carbonyl (C=O) groups is 1. The van der Waals surface area contributed by atoms with E-state index in [1.807, 2.05) is 0 Å². The van der Waals surface area contributed by atoms with Crippen molar-refractivity contribution in [3.63, 3.8) is 0 Å². The van der Waals surface area contributed by atoms with Gasteiger partial charge in [-0.15, -0.1) is 0 Å². The number of rotatable bonds is 4. The average molecular weight is 346 g/mol. The minimum absolute atomic E-state index is 0.115. The lowest BCUT2D eigenvalue weighted by Gasteiger charge is -2.31. The number of carbonyl (C=O) groups excluding carboxylic acids is 1. The third-order valence-corrected chi connectivity index (χ3v) is 3.34. The molecule has 19 heavy (non-hydrogen) atoms. The van der Waals surface area contributed by atoms with Crippen LogP contribution >= 0.6 is 15.9 Å². The van der Waals surface area contributed by atoms with Crippen LogP contribution in [0, 0.1) is 0 Å². The molecule has 1 N–H and O–H groups in total. The summed E-state index contributed by atoms with van der Waals surface area (Å²) >= 11 is 3.25. The Morgan fingerprint density at radius 1 is 1.37 bits per heavy atom. The maximum absolute atomic E-state index is 12.1. The second-order valence-electron chi connectivity index (χ2n) is 5.36. The van der Waals surface area contributed by atoms with Gasteiger partial charge in [-0.2, -0.15) is 13.2 Å². The maximum atomic E-state index is 12.1. The number of halogens is 4. The third kappa shape index (κ3) is 6.61. The lowest BCUT2D eigenvalue weighted by atomic mass is 9.92. The number of hydrogen-bond donors (Lipinski definition) is 1. The van der Waals surface area contributed by atoms with Crippen molar-refractivity contribution in [2.75, 3.05) is 6.61 Å². The average Bonchev–Trinajstić information content (AvgIpc) is 2.25. The van der Waals surface area contributed by atoms with Gasteiger partial charge in [-0.25, -0.2) is 0 Å². The molecule has 2 atom stereocenters. The lowest BCUT2D eigenvalue weighted by molar-refractivity contribution is -0.188. The molecule has 2 unspecified atom stereocenters. The summed E-state index contributed by atoms with van der Waals surface area (Å²) in [5.41, 5.74) is 0. The van der Waals surface area contributed by atoms with Crippen molar-refractivity contribution >= 4 is 21.8 Å². The van der Waals surface area contributed by atoms with Gasteiger partial charge in [0.2, 0.25) is 5.91 Å². The summed E-state index contributed by atoms with van der Waals surface area (Å²) in [5.74, 6) is -0.158. The van der Waals surface area contributed by atoms with Crippen LogP contribution in [-0.2, 0) is 9.53 Å². The van der Waals surface area contributed by atoms with Gasteiger partial charge in [0.05, 0.1) is 10.4 Å². The standard InChI is InChI=1S/C12H19BrF3NO2/c1-11(2,13)10(18)17-8-4-3-5-9(6-8)19-7-12(14,15)16/h8-9H,3-7H2,1-2H3,(H,17,18). The molecular formula is C12H19BrF3NO2. The largest absolute Gasteiger partial charge is 0.411 e. The Hall–Kier alpha value is -0.300. The van der Waals surface area contributed by atoms with Gasteiger partial charge in [-0.3, -0.25) is 4.79 Å². The van der Waals surface area contributed by atoms with Crippen molar-refractivity contribution in [1.29, 1.82) is 0 Å². The quantitative estimate of drug-likeness (QED) is 0.794. The molecule has 1 aliphatic carbocycles. The van der Waals surface area contributed by atoms with E-state index in [0.717, 1.165) is 12.8 Å². The number of nitrogens with one attached hydrogen (secondary N) is 1. The van der Waals surface area contributed by atoms with Crippen molar-refractivity contribution in [2.24, 2.45) is 0 Å². The van der Waals surface area contributed by atoms with Crippen molar-refractivity contribution in [1.82, 2.24) is 5.32 Å². The SMILES string of the molecule is CC(C)(Br)C(=O)NC1CCCC(OCC(F)(F)F)C1. The van der Waals surface area contributed by atoms with Crippen LogP contribution in [0.1, 0.15) is 39.5 Å². The fourth-order valence-corrected chi connectivity index (χ4v) is 2.11. The van der Waals surface area contributed by atoms with Gasteiger partial charge in [-0.1, -0.05) is 15.9 Å². The van der Waals surface area contributed by atoms with Crippen molar-refractivity contribution < 1.29 is 22.7 Å². The molecule has 0 saturated heterocycles. The van der Waals surface area contributed by atoms with Crippen molar-refractivity contribution in [3.05, 3.63) is 0 Å². The predicted octanol–water partition coefficient (Wildman–Crippen LogP) is 3.17. The minimum Gasteiger partial charge on any atom is -0.369 e. The first-order chi connectivity index (χ1) is 8.58. The summed E-state index contributed by atoms with van der Waals surface area (Å²) in [6, 6.07) is -0.115. The number of amides is 1. The summed E-state index contributed by atoms with van der Waals surface area (Å²) in [7, 11) is 0. The highest BCUT2D eigenvalue weighted by Crippen LogP contribution is 2.25. The van der Waals surface area contributed by atoms with E-state index in [-0.39, 0.29) is 11.9 Å².